The Labute approximate surface area is 191 Å². The van der Waals surface area contributed by atoms with Gasteiger partial charge in [0.15, 0.2) is 0 Å². The predicted molar refractivity (Wildman–Crippen MR) is 121 cm³/mol. The Morgan fingerprint density at radius 3 is 2.52 bits per heavy atom. The van der Waals surface area contributed by atoms with Gasteiger partial charge in [-0.3, -0.25) is 4.79 Å². The molecule has 0 aromatic heterocycles. The highest BCUT2D eigenvalue weighted by atomic mass is 19.4. The lowest BCUT2D eigenvalue weighted by Crippen LogP contribution is -2.17. The van der Waals surface area contributed by atoms with E-state index in [0.29, 0.717) is 35.0 Å². The number of benzene rings is 1. The Hall–Kier alpha value is -3.68. The van der Waals surface area contributed by atoms with E-state index < -0.39 is 12.3 Å². The maximum absolute atomic E-state index is 12.6. The van der Waals surface area contributed by atoms with Crippen LogP contribution in [0.5, 0.6) is 5.75 Å². The molecule has 1 aromatic carbocycles. The molecule has 0 heterocycles. The molecule has 8 heteroatoms. The van der Waals surface area contributed by atoms with E-state index in [-0.39, 0.29) is 12.2 Å². The SMILES string of the molecule is C=C/C=C(\C=C(/C)OC(/C=C/CC(=O)O)=C/C(=C\C)OCC)c1cccc(OC(F)(F)F)c1. The Morgan fingerprint density at radius 1 is 1.21 bits per heavy atom. The van der Waals surface area contributed by atoms with Crippen molar-refractivity contribution in [2.75, 3.05) is 6.61 Å². The van der Waals surface area contributed by atoms with Gasteiger partial charge in [-0.15, -0.1) is 13.2 Å². The van der Waals surface area contributed by atoms with Crippen molar-refractivity contribution in [1.82, 2.24) is 0 Å². The van der Waals surface area contributed by atoms with Crippen LogP contribution in [0.4, 0.5) is 13.2 Å². The average molecular weight is 464 g/mol. The largest absolute Gasteiger partial charge is 0.573 e. The van der Waals surface area contributed by atoms with E-state index in [4.69, 9.17) is 14.6 Å². The third-order valence-corrected chi connectivity index (χ3v) is 3.79. The van der Waals surface area contributed by atoms with Crippen molar-refractivity contribution in [1.29, 1.82) is 0 Å². The fourth-order valence-electron chi connectivity index (χ4n) is 2.56. The first kappa shape index (κ1) is 27.4. The quantitative estimate of drug-likeness (QED) is 0.268. The number of halogens is 3. The Bertz CT molecular complexity index is 966. The Kier molecular flexibility index (Phi) is 11.3. The summed E-state index contributed by atoms with van der Waals surface area (Å²) in [6, 6.07) is 5.52. The van der Waals surface area contributed by atoms with E-state index in [1.54, 1.807) is 44.2 Å². The first-order valence-corrected chi connectivity index (χ1v) is 10.0. The second-order valence-electron chi connectivity index (χ2n) is 6.46. The maximum atomic E-state index is 12.6. The van der Waals surface area contributed by atoms with Gasteiger partial charge in [-0.1, -0.05) is 36.9 Å². The van der Waals surface area contributed by atoms with E-state index in [0.717, 1.165) is 0 Å². The summed E-state index contributed by atoms with van der Waals surface area (Å²) in [5, 5.41) is 8.86. The number of rotatable bonds is 12. The van der Waals surface area contributed by atoms with E-state index in [1.807, 2.05) is 6.92 Å². The third-order valence-electron chi connectivity index (χ3n) is 3.79. The van der Waals surface area contributed by atoms with Crippen LogP contribution in [0.3, 0.4) is 0 Å². The molecule has 0 radical (unpaired) electrons. The number of alkyl halides is 3. The lowest BCUT2D eigenvalue weighted by Gasteiger charge is -2.12. The van der Waals surface area contributed by atoms with Crippen molar-refractivity contribution in [3.8, 4) is 5.75 Å². The minimum absolute atomic E-state index is 0.198. The smallest absolute Gasteiger partial charge is 0.494 e. The van der Waals surface area contributed by atoms with E-state index in [1.165, 1.54) is 36.4 Å². The van der Waals surface area contributed by atoms with Crippen LogP contribution in [-0.4, -0.2) is 24.0 Å². The number of hydrogen-bond donors (Lipinski definition) is 1. The first-order valence-electron chi connectivity index (χ1n) is 10.0. The van der Waals surface area contributed by atoms with E-state index in [2.05, 4.69) is 11.3 Å². The van der Waals surface area contributed by atoms with Crippen molar-refractivity contribution < 1.29 is 37.3 Å². The molecule has 0 amide bonds. The third kappa shape index (κ3) is 11.5. The molecule has 1 N–H and O–H groups in total. The molecule has 0 bridgehead atoms. The monoisotopic (exact) mass is 464 g/mol. The molecule has 0 spiro atoms. The molecule has 0 aliphatic rings. The molecule has 0 saturated heterocycles. The van der Waals surface area contributed by atoms with Gasteiger partial charge in [0.2, 0.25) is 0 Å². The van der Waals surface area contributed by atoms with Gasteiger partial charge in [0.25, 0.3) is 0 Å². The van der Waals surface area contributed by atoms with Crippen molar-refractivity contribution in [2.24, 2.45) is 0 Å². The number of aliphatic carboxylic acids is 1. The number of carboxylic acid groups (broad SMARTS) is 1. The van der Waals surface area contributed by atoms with Crippen LogP contribution in [0, 0.1) is 0 Å². The second kappa shape index (κ2) is 13.7. The highest BCUT2D eigenvalue weighted by Crippen LogP contribution is 2.27. The zero-order valence-corrected chi connectivity index (χ0v) is 18.7. The van der Waals surface area contributed by atoms with Crippen LogP contribution in [-0.2, 0) is 14.3 Å². The number of ether oxygens (including phenoxy) is 3. The van der Waals surface area contributed by atoms with Crippen molar-refractivity contribution in [3.05, 3.63) is 96.2 Å². The molecule has 0 saturated carbocycles. The standard InChI is InChI=1S/C25H27F3O5/c1-5-10-19(20-11-8-13-23(16-20)33-25(26,27)28)15-18(4)32-22(12-9-14-24(29)30)17-21(6-2)31-7-3/h5-6,8-13,15-17H,1,7,14H2,2-4H3,(H,29,30)/b12-9+,18-15+,19-10+,21-6+,22-17+. The first-order chi connectivity index (χ1) is 15.6. The van der Waals surface area contributed by atoms with E-state index >= 15 is 0 Å². The molecule has 0 atom stereocenters. The lowest BCUT2D eigenvalue weighted by atomic mass is 10.0. The van der Waals surface area contributed by atoms with Gasteiger partial charge >= 0.3 is 12.3 Å². The highest BCUT2D eigenvalue weighted by molar-refractivity contribution is 5.76. The molecule has 33 heavy (non-hydrogen) atoms. The summed E-state index contributed by atoms with van der Waals surface area (Å²) >= 11 is 0. The summed E-state index contributed by atoms with van der Waals surface area (Å²) in [7, 11) is 0. The van der Waals surface area contributed by atoms with Gasteiger partial charge in [0.05, 0.1) is 13.0 Å². The number of hydrogen-bond acceptors (Lipinski definition) is 4. The number of carbonyl (C=O) groups is 1. The van der Waals surface area contributed by atoms with Crippen molar-refractivity contribution >= 4 is 11.5 Å². The molecule has 1 rings (SSSR count). The van der Waals surface area contributed by atoms with Gasteiger partial charge < -0.3 is 19.3 Å². The topological polar surface area (TPSA) is 65.0 Å². The molecule has 1 aromatic rings. The minimum atomic E-state index is -4.80. The summed E-state index contributed by atoms with van der Waals surface area (Å²) in [5.74, 6) is -0.110. The molecule has 5 nitrogen and oxygen atoms in total. The Morgan fingerprint density at radius 2 is 1.94 bits per heavy atom. The zero-order valence-electron chi connectivity index (χ0n) is 18.7. The van der Waals surface area contributed by atoms with Gasteiger partial charge in [0, 0.05) is 6.08 Å². The molecular weight excluding hydrogens is 437 g/mol. The molecule has 0 unspecified atom stereocenters. The van der Waals surface area contributed by atoms with Crippen LogP contribution < -0.4 is 4.74 Å². The highest BCUT2D eigenvalue weighted by Gasteiger charge is 2.31. The summed E-state index contributed by atoms with van der Waals surface area (Å²) < 4.78 is 53.0. The maximum Gasteiger partial charge on any atom is 0.573 e. The fraction of sp³-hybridized carbons (Fsp3) is 0.240. The fourth-order valence-corrected chi connectivity index (χ4v) is 2.56. The molecule has 0 aliphatic carbocycles. The van der Waals surface area contributed by atoms with Gasteiger partial charge in [0.1, 0.15) is 23.0 Å². The van der Waals surface area contributed by atoms with Crippen molar-refractivity contribution in [3.63, 3.8) is 0 Å². The normalized spacial score (nSPS) is 13.8. The average Bonchev–Trinajstić information content (AvgIpc) is 2.71. The van der Waals surface area contributed by atoms with Gasteiger partial charge in [-0.2, -0.15) is 0 Å². The lowest BCUT2D eigenvalue weighted by molar-refractivity contribution is -0.274. The number of carboxylic acids is 1. The van der Waals surface area contributed by atoms with E-state index in [9.17, 15) is 18.0 Å². The summed E-state index contributed by atoms with van der Waals surface area (Å²) in [5.41, 5.74) is 0.982. The van der Waals surface area contributed by atoms with Crippen molar-refractivity contribution in [2.45, 2.75) is 33.6 Å². The molecule has 178 valence electrons. The van der Waals surface area contributed by atoms with Crippen LogP contribution in [0.1, 0.15) is 32.8 Å². The Balaban J connectivity index is 3.25. The predicted octanol–water partition coefficient (Wildman–Crippen LogP) is 6.93. The summed E-state index contributed by atoms with van der Waals surface area (Å²) in [6.45, 7) is 9.34. The van der Waals surface area contributed by atoms with Crippen LogP contribution in [0.25, 0.3) is 5.57 Å². The zero-order chi connectivity index (χ0) is 24.9. The van der Waals surface area contributed by atoms with Crippen LogP contribution in [0.15, 0.2) is 90.7 Å². The summed E-state index contributed by atoms with van der Waals surface area (Å²) in [6.07, 6.45) is 5.98. The van der Waals surface area contributed by atoms with Gasteiger partial charge in [-0.05, 0) is 62.3 Å². The molecule has 0 fully saturated rings. The minimum Gasteiger partial charge on any atom is -0.494 e. The van der Waals surface area contributed by atoms with Gasteiger partial charge in [-0.25, -0.2) is 0 Å². The van der Waals surface area contributed by atoms with Crippen LogP contribution in [0.2, 0.25) is 0 Å². The summed E-state index contributed by atoms with van der Waals surface area (Å²) in [4.78, 5) is 10.8. The molecule has 0 aliphatic heterocycles. The molecular formula is C25H27F3O5. The second-order valence-corrected chi connectivity index (χ2v) is 6.46. The number of allylic oxidation sites excluding steroid dienone is 8. The van der Waals surface area contributed by atoms with Crippen LogP contribution >= 0.6 is 0 Å².